The van der Waals surface area contributed by atoms with Gasteiger partial charge in [0.1, 0.15) is 11.2 Å². The summed E-state index contributed by atoms with van der Waals surface area (Å²) in [4.78, 5) is 0. The number of ether oxygens (including phenoxy) is 2. The second-order valence-corrected chi connectivity index (χ2v) is 6.62. The van der Waals surface area contributed by atoms with Crippen LogP contribution in [-0.4, -0.2) is 22.7 Å². The first-order chi connectivity index (χ1) is 7.91. The fourth-order valence-electron chi connectivity index (χ4n) is 2.32. The van der Waals surface area contributed by atoms with Crippen LogP contribution in [0.5, 0.6) is 0 Å². The molecule has 2 heterocycles. The highest BCUT2D eigenvalue weighted by Gasteiger charge is 2.33. The first-order valence-electron chi connectivity index (χ1n) is 6.20. The first-order valence-corrected chi connectivity index (χ1v) is 7.36. The van der Waals surface area contributed by atoms with Crippen LogP contribution < -0.4 is 0 Å². The van der Waals surface area contributed by atoms with E-state index in [2.05, 4.69) is 26.0 Å². The third-order valence-electron chi connectivity index (χ3n) is 3.27. The lowest BCUT2D eigenvalue weighted by Gasteiger charge is -2.28. The minimum atomic E-state index is -0.00775. The Morgan fingerprint density at radius 1 is 1.00 bits per heavy atom. The summed E-state index contributed by atoms with van der Waals surface area (Å²) in [6, 6.07) is 0. The van der Waals surface area contributed by atoms with Crippen LogP contribution >= 0.6 is 11.8 Å². The molecule has 3 heteroatoms. The van der Waals surface area contributed by atoms with E-state index in [1.165, 1.54) is 0 Å². The molecule has 0 saturated heterocycles. The molecule has 2 nitrogen and oxygen atoms in total. The van der Waals surface area contributed by atoms with Crippen molar-refractivity contribution >= 4 is 11.8 Å². The number of allylic oxidation sites excluding steroid dienone is 2. The maximum Gasteiger partial charge on any atom is 0.118 e. The predicted molar refractivity (Wildman–Crippen MR) is 73.1 cm³/mol. The predicted octanol–water partition coefficient (Wildman–Crippen LogP) is 3.89. The third kappa shape index (κ3) is 3.21. The van der Waals surface area contributed by atoms with Crippen LogP contribution in [-0.2, 0) is 9.47 Å². The second-order valence-electron chi connectivity index (χ2n) is 5.63. The van der Waals surface area contributed by atoms with E-state index in [0.29, 0.717) is 0 Å². The van der Waals surface area contributed by atoms with E-state index in [1.807, 2.05) is 25.6 Å². The second kappa shape index (κ2) is 4.60. The van der Waals surface area contributed by atoms with Crippen molar-refractivity contribution in [3.63, 3.8) is 0 Å². The van der Waals surface area contributed by atoms with E-state index >= 15 is 0 Å². The summed E-state index contributed by atoms with van der Waals surface area (Å²) in [6.45, 7) is 8.44. The van der Waals surface area contributed by atoms with E-state index in [4.69, 9.17) is 9.47 Å². The van der Waals surface area contributed by atoms with E-state index in [9.17, 15) is 0 Å². The van der Waals surface area contributed by atoms with E-state index in [-0.39, 0.29) is 11.2 Å². The molecule has 0 saturated carbocycles. The Balaban J connectivity index is 1.74. The van der Waals surface area contributed by atoms with Crippen molar-refractivity contribution in [2.75, 3.05) is 11.5 Å². The summed E-state index contributed by atoms with van der Waals surface area (Å²) >= 11 is 1.93. The Kier molecular flexibility index (Phi) is 3.48. The largest absolute Gasteiger partial charge is 0.491 e. The van der Waals surface area contributed by atoms with Gasteiger partial charge in [-0.2, -0.15) is 11.8 Å². The Morgan fingerprint density at radius 3 is 1.71 bits per heavy atom. The van der Waals surface area contributed by atoms with Crippen molar-refractivity contribution in [2.24, 2.45) is 0 Å². The highest BCUT2D eigenvalue weighted by atomic mass is 32.2. The normalized spacial score (nSPS) is 36.2. The van der Waals surface area contributed by atoms with Gasteiger partial charge in [0.15, 0.2) is 0 Å². The fraction of sp³-hybridized carbons (Fsp3) is 0.714. The van der Waals surface area contributed by atoms with E-state index in [0.717, 1.165) is 35.9 Å². The van der Waals surface area contributed by atoms with Gasteiger partial charge in [-0.05, 0) is 39.8 Å². The van der Waals surface area contributed by atoms with Crippen molar-refractivity contribution in [1.29, 1.82) is 0 Å². The lowest BCUT2D eigenvalue weighted by molar-refractivity contribution is 0.0624. The molecule has 0 bridgehead atoms. The summed E-state index contributed by atoms with van der Waals surface area (Å²) in [7, 11) is 0. The molecule has 0 aromatic rings. The SMILES string of the molecule is CC1=CCC(C)(CSCC2(C)CC=C(C)O2)O1. The topological polar surface area (TPSA) is 18.5 Å². The Hall–Kier alpha value is -0.570. The van der Waals surface area contributed by atoms with Gasteiger partial charge in [-0.3, -0.25) is 0 Å². The van der Waals surface area contributed by atoms with Crippen molar-refractivity contribution in [3.8, 4) is 0 Å². The van der Waals surface area contributed by atoms with Gasteiger partial charge in [-0.1, -0.05) is 0 Å². The lowest BCUT2D eigenvalue weighted by Crippen LogP contribution is -2.31. The van der Waals surface area contributed by atoms with Gasteiger partial charge in [0.25, 0.3) is 0 Å². The third-order valence-corrected chi connectivity index (χ3v) is 4.90. The van der Waals surface area contributed by atoms with Gasteiger partial charge in [-0.15, -0.1) is 0 Å². The zero-order valence-electron chi connectivity index (χ0n) is 11.2. The lowest BCUT2D eigenvalue weighted by atomic mass is 10.1. The Morgan fingerprint density at radius 2 is 1.41 bits per heavy atom. The van der Waals surface area contributed by atoms with Crippen LogP contribution in [0.15, 0.2) is 23.7 Å². The van der Waals surface area contributed by atoms with Gasteiger partial charge >= 0.3 is 0 Å². The van der Waals surface area contributed by atoms with Crippen molar-refractivity contribution in [3.05, 3.63) is 23.7 Å². The van der Waals surface area contributed by atoms with Crippen molar-refractivity contribution < 1.29 is 9.47 Å². The van der Waals surface area contributed by atoms with Gasteiger partial charge in [-0.25, -0.2) is 0 Å². The maximum absolute atomic E-state index is 5.85. The van der Waals surface area contributed by atoms with Gasteiger partial charge < -0.3 is 9.47 Å². The monoisotopic (exact) mass is 254 g/mol. The van der Waals surface area contributed by atoms with Crippen molar-refractivity contribution in [1.82, 2.24) is 0 Å². The summed E-state index contributed by atoms with van der Waals surface area (Å²) in [5.41, 5.74) is -0.0155. The molecule has 0 aromatic carbocycles. The Labute approximate surface area is 108 Å². The molecule has 2 aliphatic rings. The molecule has 0 fully saturated rings. The van der Waals surface area contributed by atoms with Crippen LogP contribution in [0.2, 0.25) is 0 Å². The molecule has 0 N–H and O–H groups in total. The van der Waals surface area contributed by atoms with Gasteiger partial charge in [0.2, 0.25) is 0 Å². The smallest absolute Gasteiger partial charge is 0.118 e. The maximum atomic E-state index is 5.85. The molecular weight excluding hydrogens is 232 g/mol. The molecule has 0 aliphatic carbocycles. The molecule has 2 aliphatic heterocycles. The molecule has 96 valence electrons. The minimum absolute atomic E-state index is 0.00775. The van der Waals surface area contributed by atoms with Crippen LogP contribution in [0.1, 0.15) is 40.5 Å². The summed E-state index contributed by atoms with van der Waals surface area (Å²) in [5.74, 6) is 4.18. The van der Waals surface area contributed by atoms with E-state index in [1.54, 1.807) is 0 Å². The summed E-state index contributed by atoms with van der Waals surface area (Å²) < 4.78 is 11.7. The van der Waals surface area contributed by atoms with Crippen LogP contribution in [0.4, 0.5) is 0 Å². The average Bonchev–Trinajstić information content (AvgIpc) is 2.72. The molecular formula is C14H22O2S. The fourth-order valence-corrected chi connectivity index (χ4v) is 3.64. The Bertz CT molecular complexity index is 327. The van der Waals surface area contributed by atoms with Gasteiger partial charge in [0.05, 0.1) is 11.5 Å². The molecule has 0 amide bonds. The summed E-state index contributed by atoms with van der Waals surface area (Å²) in [5, 5.41) is 0. The molecule has 0 radical (unpaired) electrons. The minimum Gasteiger partial charge on any atom is -0.491 e. The molecule has 2 rings (SSSR count). The highest BCUT2D eigenvalue weighted by molar-refractivity contribution is 7.99. The zero-order chi connectivity index (χ0) is 12.5. The van der Waals surface area contributed by atoms with E-state index < -0.39 is 0 Å². The van der Waals surface area contributed by atoms with Crippen LogP contribution in [0.3, 0.4) is 0 Å². The number of hydrogen-bond acceptors (Lipinski definition) is 3. The van der Waals surface area contributed by atoms with Crippen LogP contribution in [0.25, 0.3) is 0 Å². The summed E-state index contributed by atoms with van der Waals surface area (Å²) in [6.07, 6.45) is 6.42. The molecule has 0 spiro atoms. The quantitative estimate of drug-likeness (QED) is 0.758. The van der Waals surface area contributed by atoms with Crippen molar-refractivity contribution in [2.45, 2.75) is 51.7 Å². The zero-order valence-corrected chi connectivity index (χ0v) is 12.0. The molecule has 17 heavy (non-hydrogen) atoms. The highest BCUT2D eigenvalue weighted by Crippen LogP contribution is 2.35. The standard InChI is InChI=1S/C14H22O2S/c1-11-5-7-13(3,15-11)9-17-10-14(4)8-6-12(2)16-14/h5-6H,7-10H2,1-4H3. The molecule has 0 aromatic heterocycles. The number of hydrogen-bond donors (Lipinski definition) is 0. The molecule has 2 atom stereocenters. The van der Waals surface area contributed by atoms with Gasteiger partial charge in [0, 0.05) is 24.3 Å². The molecule has 2 unspecified atom stereocenters. The number of rotatable bonds is 4. The first kappa shape index (κ1) is 12.9. The number of thioether (sulfide) groups is 1. The average molecular weight is 254 g/mol. The van der Waals surface area contributed by atoms with Crippen LogP contribution in [0, 0.1) is 0 Å².